The Morgan fingerprint density at radius 2 is 1.92 bits per heavy atom. The molecule has 0 radical (unpaired) electrons. The van der Waals surface area contributed by atoms with Crippen LogP contribution < -0.4 is 4.74 Å². The van der Waals surface area contributed by atoms with Gasteiger partial charge in [0.25, 0.3) is 0 Å². The molecule has 1 unspecified atom stereocenters. The van der Waals surface area contributed by atoms with Crippen LogP contribution >= 0.6 is 0 Å². The zero-order valence-electron chi connectivity index (χ0n) is 15.9. The van der Waals surface area contributed by atoms with Crippen molar-refractivity contribution in [2.75, 3.05) is 33.3 Å². The van der Waals surface area contributed by atoms with Gasteiger partial charge in [-0.1, -0.05) is 30.3 Å². The van der Waals surface area contributed by atoms with Crippen molar-refractivity contribution < 1.29 is 9.53 Å². The molecule has 0 saturated carbocycles. The highest BCUT2D eigenvalue weighted by Gasteiger charge is 2.27. The first-order valence-electron chi connectivity index (χ1n) is 9.32. The SMILES string of the molecule is CCOc1ccc(C(C)=O)cc1CN1CCN(C)CC1c1ccccc1. The second kappa shape index (κ2) is 8.47. The molecule has 26 heavy (non-hydrogen) atoms. The summed E-state index contributed by atoms with van der Waals surface area (Å²) < 4.78 is 5.83. The summed E-state index contributed by atoms with van der Waals surface area (Å²) in [6.07, 6.45) is 0. The van der Waals surface area contributed by atoms with E-state index in [0.29, 0.717) is 12.6 Å². The van der Waals surface area contributed by atoms with E-state index in [1.54, 1.807) is 6.92 Å². The lowest BCUT2D eigenvalue weighted by molar-refractivity contribution is 0.0824. The van der Waals surface area contributed by atoms with Crippen LogP contribution in [-0.4, -0.2) is 48.9 Å². The average Bonchev–Trinajstić information content (AvgIpc) is 2.65. The Hall–Kier alpha value is -2.17. The summed E-state index contributed by atoms with van der Waals surface area (Å²) in [4.78, 5) is 16.7. The van der Waals surface area contributed by atoms with Crippen LogP contribution in [0.25, 0.3) is 0 Å². The maximum Gasteiger partial charge on any atom is 0.159 e. The Morgan fingerprint density at radius 3 is 2.62 bits per heavy atom. The van der Waals surface area contributed by atoms with Gasteiger partial charge in [-0.15, -0.1) is 0 Å². The summed E-state index contributed by atoms with van der Waals surface area (Å²) in [7, 11) is 2.18. The van der Waals surface area contributed by atoms with Crippen LogP contribution in [0.1, 0.15) is 41.4 Å². The second-order valence-corrected chi connectivity index (χ2v) is 6.97. The topological polar surface area (TPSA) is 32.8 Å². The molecule has 1 atom stereocenters. The van der Waals surface area contributed by atoms with Crippen LogP contribution in [0, 0.1) is 0 Å². The van der Waals surface area contributed by atoms with Gasteiger partial charge in [-0.2, -0.15) is 0 Å². The fraction of sp³-hybridized carbons (Fsp3) is 0.409. The van der Waals surface area contributed by atoms with Crippen LogP contribution in [0.3, 0.4) is 0 Å². The first-order chi connectivity index (χ1) is 12.6. The third-order valence-electron chi connectivity index (χ3n) is 5.02. The number of Topliss-reactive ketones (excluding diaryl/α,β-unsaturated/α-hetero) is 1. The predicted molar refractivity (Wildman–Crippen MR) is 105 cm³/mol. The summed E-state index contributed by atoms with van der Waals surface area (Å²) in [5.41, 5.74) is 3.17. The van der Waals surface area contributed by atoms with Gasteiger partial charge >= 0.3 is 0 Å². The largest absolute Gasteiger partial charge is 0.494 e. The molecule has 1 heterocycles. The van der Waals surface area contributed by atoms with Gasteiger partial charge in [0.05, 0.1) is 6.61 Å². The lowest BCUT2D eigenvalue weighted by Crippen LogP contribution is -2.46. The monoisotopic (exact) mass is 352 g/mol. The van der Waals surface area contributed by atoms with Gasteiger partial charge in [0.15, 0.2) is 5.78 Å². The van der Waals surface area contributed by atoms with Crippen molar-refractivity contribution in [3.63, 3.8) is 0 Å². The highest BCUT2D eigenvalue weighted by atomic mass is 16.5. The number of ether oxygens (including phenoxy) is 1. The molecule has 1 aliphatic heterocycles. The number of hydrogen-bond acceptors (Lipinski definition) is 4. The van der Waals surface area contributed by atoms with Crippen LogP contribution in [0.5, 0.6) is 5.75 Å². The van der Waals surface area contributed by atoms with Crippen molar-refractivity contribution in [2.45, 2.75) is 26.4 Å². The molecule has 0 spiro atoms. The summed E-state index contributed by atoms with van der Waals surface area (Å²) in [5, 5.41) is 0. The van der Waals surface area contributed by atoms with Crippen LogP contribution in [0.4, 0.5) is 0 Å². The van der Waals surface area contributed by atoms with Crippen LogP contribution in [-0.2, 0) is 6.54 Å². The molecule has 0 aromatic heterocycles. The molecular weight excluding hydrogens is 324 g/mol. The maximum absolute atomic E-state index is 11.8. The second-order valence-electron chi connectivity index (χ2n) is 6.97. The lowest BCUT2D eigenvalue weighted by atomic mass is 10.0. The molecular formula is C22H28N2O2. The van der Waals surface area contributed by atoms with Gasteiger partial charge in [-0.25, -0.2) is 0 Å². The molecule has 0 bridgehead atoms. The Balaban J connectivity index is 1.90. The zero-order chi connectivity index (χ0) is 18.5. The fourth-order valence-electron chi connectivity index (χ4n) is 3.57. The molecule has 1 fully saturated rings. The number of benzene rings is 2. The van der Waals surface area contributed by atoms with Crippen molar-refractivity contribution in [3.8, 4) is 5.75 Å². The molecule has 138 valence electrons. The molecule has 1 aliphatic rings. The minimum Gasteiger partial charge on any atom is -0.494 e. The molecule has 0 N–H and O–H groups in total. The number of nitrogens with zero attached hydrogens (tertiary/aromatic N) is 2. The zero-order valence-corrected chi connectivity index (χ0v) is 15.9. The van der Waals surface area contributed by atoms with E-state index in [2.05, 4.69) is 47.2 Å². The van der Waals surface area contributed by atoms with E-state index in [0.717, 1.165) is 43.1 Å². The standard InChI is InChI=1S/C22H28N2O2/c1-4-26-22-11-10-19(17(2)25)14-20(22)15-24-13-12-23(3)16-21(24)18-8-6-5-7-9-18/h5-11,14,21H,4,12-13,15-16H2,1-3H3. The average molecular weight is 352 g/mol. The Kier molecular flexibility index (Phi) is 6.07. The maximum atomic E-state index is 11.8. The van der Waals surface area contributed by atoms with Crippen LogP contribution in [0.2, 0.25) is 0 Å². The molecule has 4 nitrogen and oxygen atoms in total. The summed E-state index contributed by atoms with van der Waals surface area (Å²) >= 11 is 0. The molecule has 1 saturated heterocycles. The van der Waals surface area contributed by atoms with Gasteiger partial charge in [0, 0.05) is 43.3 Å². The molecule has 2 aromatic rings. The Labute approximate surface area is 156 Å². The number of hydrogen-bond donors (Lipinski definition) is 0. The van der Waals surface area contributed by atoms with Gasteiger partial charge in [0.2, 0.25) is 0 Å². The third kappa shape index (κ3) is 4.32. The normalized spacial score (nSPS) is 18.7. The smallest absolute Gasteiger partial charge is 0.159 e. The summed E-state index contributed by atoms with van der Waals surface area (Å²) in [5.74, 6) is 0.968. The van der Waals surface area contributed by atoms with E-state index >= 15 is 0 Å². The Morgan fingerprint density at radius 1 is 1.15 bits per heavy atom. The van der Waals surface area contributed by atoms with E-state index in [-0.39, 0.29) is 5.78 Å². The predicted octanol–water partition coefficient (Wildman–Crippen LogP) is 3.78. The number of carbonyl (C=O) groups is 1. The summed E-state index contributed by atoms with van der Waals surface area (Å²) in [6.45, 7) is 8.04. The number of carbonyl (C=O) groups excluding carboxylic acids is 1. The molecule has 2 aromatic carbocycles. The van der Waals surface area contributed by atoms with Crippen molar-refractivity contribution in [1.82, 2.24) is 9.80 Å². The van der Waals surface area contributed by atoms with Gasteiger partial charge in [-0.05, 0) is 44.7 Å². The molecule has 4 heteroatoms. The van der Waals surface area contributed by atoms with Gasteiger partial charge in [-0.3, -0.25) is 9.69 Å². The van der Waals surface area contributed by atoms with Crippen LogP contribution in [0.15, 0.2) is 48.5 Å². The quantitative estimate of drug-likeness (QED) is 0.741. The van der Waals surface area contributed by atoms with E-state index in [9.17, 15) is 4.79 Å². The summed E-state index contributed by atoms with van der Waals surface area (Å²) in [6, 6.07) is 16.8. The van der Waals surface area contributed by atoms with Gasteiger partial charge < -0.3 is 9.64 Å². The number of piperazine rings is 1. The molecule has 3 rings (SSSR count). The van der Waals surface area contributed by atoms with Crippen molar-refractivity contribution >= 4 is 5.78 Å². The first-order valence-corrected chi connectivity index (χ1v) is 9.32. The van der Waals surface area contributed by atoms with Crippen molar-refractivity contribution in [1.29, 1.82) is 0 Å². The van der Waals surface area contributed by atoms with E-state index < -0.39 is 0 Å². The van der Waals surface area contributed by atoms with Crippen molar-refractivity contribution in [3.05, 3.63) is 65.2 Å². The number of likely N-dealkylation sites (N-methyl/N-ethyl adjacent to an activating group) is 1. The Bertz CT molecular complexity index is 745. The van der Waals surface area contributed by atoms with E-state index in [1.807, 2.05) is 25.1 Å². The third-order valence-corrected chi connectivity index (χ3v) is 5.02. The minimum absolute atomic E-state index is 0.0901. The highest BCUT2D eigenvalue weighted by molar-refractivity contribution is 5.94. The lowest BCUT2D eigenvalue weighted by Gasteiger charge is -2.40. The fourth-order valence-corrected chi connectivity index (χ4v) is 3.57. The van der Waals surface area contributed by atoms with Gasteiger partial charge in [0.1, 0.15) is 5.75 Å². The highest BCUT2D eigenvalue weighted by Crippen LogP contribution is 2.30. The number of rotatable bonds is 6. The van der Waals surface area contributed by atoms with Crippen molar-refractivity contribution in [2.24, 2.45) is 0 Å². The van der Waals surface area contributed by atoms with E-state index in [4.69, 9.17) is 4.74 Å². The molecule has 0 aliphatic carbocycles. The number of ketones is 1. The minimum atomic E-state index is 0.0901. The molecule has 0 amide bonds. The first kappa shape index (κ1) is 18.6. The van der Waals surface area contributed by atoms with E-state index in [1.165, 1.54) is 5.56 Å².